The first-order valence-corrected chi connectivity index (χ1v) is 8.14. The van der Waals surface area contributed by atoms with E-state index in [2.05, 4.69) is 15.2 Å². The lowest BCUT2D eigenvalue weighted by atomic mass is 9.95. The largest absolute Gasteiger partial charge is 0.441 e. The molecule has 1 aromatic rings. The molecule has 2 aliphatic heterocycles. The van der Waals surface area contributed by atoms with Crippen molar-refractivity contribution < 1.29 is 14.3 Å². The molecule has 1 spiro atoms. The van der Waals surface area contributed by atoms with Crippen molar-refractivity contribution in [2.24, 2.45) is 0 Å². The molecule has 1 aromatic heterocycles. The van der Waals surface area contributed by atoms with Crippen LogP contribution in [0.4, 0.5) is 4.79 Å². The molecule has 0 aliphatic carbocycles. The minimum Gasteiger partial charge on any atom is -0.441 e. The summed E-state index contributed by atoms with van der Waals surface area (Å²) in [7, 11) is 1.74. The Morgan fingerprint density at radius 2 is 2.26 bits per heavy atom. The summed E-state index contributed by atoms with van der Waals surface area (Å²) in [6, 6.07) is 0. The Kier molecular flexibility index (Phi) is 4.43. The summed E-state index contributed by atoms with van der Waals surface area (Å²) in [5.74, 6) is 0.688. The number of aromatic nitrogens is 3. The number of rotatable bonds is 3. The number of aromatic amines is 1. The van der Waals surface area contributed by atoms with Gasteiger partial charge in [-0.2, -0.15) is 0 Å². The number of nitrogens with zero attached hydrogens (tertiary/aromatic N) is 4. The molecule has 3 rings (SSSR count). The van der Waals surface area contributed by atoms with Crippen molar-refractivity contribution in [3.63, 3.8) is 0 Å². The number of halogens is 1. The summed E-state index contributed by atoms with van der Waals surface area (Å²) in [5, 5.41) is 6.60. The molecule has 3 heterocycles. The van der Waals surface area contributed by atoms with Gasteiger partial charge in [0.15, 0.2) is 0 Å². The molecule has 0 aromatic carbocycles. The molecule has 0 unspecified atom stereocenters. The van der Waals surface area contributed by atoms with Crippen molar-refractivity contribution in [3.05, 3.63) is 11.1 Å². The monoisotopic (exact) mass is 341 g/mol. The van der Waals surface area contributed by atoms with Crippen molar-refractivity contribution in [2.45, 2.75) is 37.7 Å². The molecule has 2 amide bonds. The van der Waals surface area contributed by atoms with Gasteiger partial charge in [0.25, 0.3) is 0 Å². The zero-order chi connectivity index (χ0) is 16.4. The minimum absolute atomic E-state index is 0.0762. The molecule has 23 heavy (non-hydrogen) atoms. The average Bonchev–Trinajstić information content (AvgIpc) is 2.96. The molecule has 0 radical (unpaired) electrons. The smallest absolute Gasteiger partial charge is 0.410 e. The molecule has 1 N–H and O–H groups in total. The maximum absolute atomic E-state index is 12.4. The predicted molar refractivity (Wildman–Crippen MR) is 82.0 cm³/mol. The van der Waals surface area contributed by atoms with E-state index in [-0.39, 0.29) is 17.3 Å². The fourth-order valence-corrected chi connectivity index (χ4v) is 3.38. The van der Waals surface area contributed by atoms with E-state index in [0.717, 1.165) is 12.8 Å². The topological polar surface area (TPSA) is 91.4 Å². The van der Waals surface area contributed by atoms with Crippen LogP contribution >= 0.6 is 11.6 Å². The number of likely N-dealkylation sites (N-methyl/N-ethyl adjacent to an activating group) is 1. The van der Waals surface area contributed by atoms with Crippen LogP contribution in [-0.4, -0.2) is 69.3 Å². The van der Waals surface area contributed by atoms with Crippen LogP contribution in [0.2, 0.25) is 5.28 Å². The van der Waals surface area contributed by atoms with E-state index in [1.807, 2.05) is 4.90 Å². The molecule has 2 saturated heterocycles. The Bertz CT molecular complexity index is 607. The molecule has 1 atom stereocenters. The highest BCUT2D eigenvalue weighted by atomic mass is 35.5. The van der Waals surface area contributed by atoms with Gasteiger partial charge in [0.2, 0.25) is 11.2 Å². The van der Waals surface area contributed by atoms with Gasteiger partial charge >= 0.3 is 6.09 Å². The van der Waals surface area contributed by atoms with E-state index >= 15 is 0 Å². The Labute approximate surface area is 139 Å². The maximum atomic E-state index is 12.4. The molecule has 126 valence electrons. The predicted octanol–water partition coefficient (Wildman–Crippen LogP) is 1.22. The molecule has 2 fully saturated rings. The summed E-state index contributed by atoms with van der Waals surface area (Å²) >= 11 is 5.64. The number of ether oxygens (including phenoxy) is 1. The van der Waals surface area contributed by atoms with Gasteiger partial charge in [-0.05, 0) is 24.4 Å². The summed E-state index contributed by atoms with van der Waals surface area (Å²) in [5.41, 5.74) is -0.431. The SMILES string of the molecule is CN1C[C@]2(CCCN(C(=O)CCc3nc(Cl)n[nH]3)CC2)OC1=O. The highest BCUT2D eigenvalue weighted by molar-refractivity contribution is 6.28. The van der Waals surface area contributed by atoms with Crippen LogP contribution in [0, 0.1) is 0 Å². The van der Waals surface area contributed by atoms with E-state index in [9.17, 15) is 9.59 Å². The fraction of sp³-hybridized carbons (Fsp3) is 0.714. The molecule has 0 saturated carbocycles. The van der Waals surface area contributed by atoms with Gasteiger partial charge in [-0.3, -0.25) is 9.89 Å². The molecule has 8 nitrogen and oxygen atoms in total. The van der Waals surface area contributed by atoms with Crippen LogP contribution in [0.1, 0.15) is 31.5 Å². The normalized spacial score (nSPS) is 24.9. The van der Waals surface area contributed by atoms with E-state index in [1.54, 1.807) is 11.9 Å². The number of carbonyl (C=O) groups excluding carboxylic acids is 2. The lowest BCUT2D eigenvalue weighted by molar-refractivity contribution is -0.131. The van der Waals surface area contributed by atoms with Gasteiger partial charge < -0.3 is 14.5 Å². The van der Waals surface area contributed by atoms with Crippen molar-refractivity contribution in [3.8, 4) is 0 Å². The van der Waals surface area contributed by atoms with Gasteiger partial charge in [-0.15, -0.1) is 5.10 Å². The first kappa shape index (κ1) is 16.0. The summed E-state index contributed by atoms with van der Waals surface area (Å²) in [6.45, 7) is 1.90. The van der Waals surface area contributed by atoms with E-state index in [4.69, 9.17) is 16.3 Å². The van der Waals surface area contributed by atoms with E-state index in [0.29, 0.717) is 44.7 Å². The zero-order valence-electron chi connectivity index (χ0n) is 13.0. The first-order chi connectivity index (χ1) is 11.0. The first-order valence-electron chi connectivity index (χ1n) is 7.76. The molecular formula is C14H20ClN5O3. The number of aryl methyl sites for hydroxylation is 1. The highest BCUT2D eigenvalue weighted by Crippen LogP contribution is 2.32. The lowest BCUT2D eigenvalue weighted by Crippen LogP contribution is -2.36. The number of nitrogens with one attached hydrogen (secondary N) is 1. The maximum Gasteiger partial charge on any atom is 0.410 e. The second kappa shape index (κ2) is 6.35. The standard InChI is InChI=1S/C14H20ClN5O3/c1-19-9-14(23-13(19)22)5-2-7-20(8-6-14)11(21)4-3-10-16-12(15)18-17-10/h2-9H2,1H3,(H,16,17,18)/t14-/m1/s1. The minimum atomic E-state index is -0.431. The van der Waals surface area contributed by atoms with Crippen LogP contribution in [0.5, 0.6) is 0 Å². The highest BCUT2D eigenvalue weighted by Gasteiger charge is 2.44. The Morgan fingerprint density at radius 1 is 1.43 bits per heavy atom. The lowest BCUT2D eigenvalue weighted by Gasteiger charge is -2.25. The fourth-order valence-electron chi connectivity index (χ4n) is 3.24. The van der Waals surface area contributed by atoms with Crippen molar-refractivity contribution >= 4 is 23.6 Å². The Hall–Kier alpha value is -1.83. The summed E-state index contributed by atoms with van der Waals surface area (Å²) in [6.07, 6.45) is 2.89. The second-order valence-corrected chi connectivity index (χ2v) is 6.53. The van der Waals surface area contributed by atoms with Gasteiger partial charge in [0, 0.05) is 39.4 Å². The molecular weight excluding hydrogens is 322 g/mol. The Morgan fingerprint density at radius 3 is 2.91 bits per heavy atom. The Balaban J connectivity index is 1.53. The van der Waals surface area contributed by atoms with Crippen molar-refractivity contribution in [1.29, 1.82) is 0 Å². The number of H-pyrrole nitrogens is 1. The second-order valence-electron chi connectivity index (χ2n) is 6.19. The van der Waals surface area contributed by atoms with Crippen LogP contribution in [0.3, 0.4) is 0 Å². The van der Waals surface area contributed by atoms with E-state index < -0.39 is 5.60 Å². The number of amides is 2. The molecule has 2 aliphatic rings. The third-order valence-electron chi connectivity index (χ3n) is 4.47. The number of carbonyl (C=O) groups is 2. The third kappa shape index (κ3) is 3.57. The summed E-state index contributed by atoms with van der Waals surface area (Å²) in [4.78, 5) is 31.4. The van der Waals surface area contributed by atoms with Crippen LogP contribution in [0.25, 0.3) is 0 Å². The van der Waals surface area contributed by atoms with E-state index in [1.165, 1.54) is 0 Å². The van der Waals surface area contributed by atoms with Gasteiger partial charge in [-0.1, -0.05) is 0 Å². The molecule has 9 heteroatoms. The molecule has 0 bridgehead atoms. The van der Waals surface area contributed by atoms with Gasteiger partial charge in [-0.25, -0.2) is 9.78 Å². The quantitative estimate of drug-likeness (QED) is 0.892. The van der Waals surface area contributed by atoms with Crippen molar-refractivity contribution in [1.82, 2.24) is 25.0 Å². The summed E-state index contributed by atoms with van der Waals surface area (Å²) < 4.78 is 5.55. The zero-order valence-corrected chi connectivity index (χ0v) is 13.8. The number of likely N-dealkylation sites (tertiary alicyclic amines) is 1. The van der Waals surface area contributed by atoms with Crippen molar-refractivity contribution in [2.75, 3.05) is 26.7 Å². The van der Waals surface area contributed by atoms with Crippen LogP contribution in [0.15, 0.2) is 0 Å². The van der Waals surface area contributed by atoms with Gasteiger partial charge in [0.1, 0.15) is 11.4 Å². The van der Waals surface area contributed by atoms with Crippen LogP contribution in [-0.2, 0) is 16.0 Å². The number of hydrogen-bond acceptors (Lipinski definition) is 5. The van der Waals surface area contributed by atoms with Crippen LogP contribution < -0.4 is 0 Å². The number of hydrogen-bond donors (Lipinski definition) is 1. The average molecular weight is 342 g/mol. The third-order valence-corrected chi connectivity index (χ3v) is 4.64. The van der Waals surface area contributed by atoms with Gasteiger partial charge in [0.05, 0.1) is 6.54 Å².